The maximum Gasteiger partial charge on any atom is 0.230 e. The summed E-state index contributed by atoms with van der Waals surface area (Å²) >= 11 is 0. The Balaban J connectivity index is 1.51. The van der Waals surface area contributed by atoms with Crippen molar-refractivity contribution in [1.29, 1.82) is 0 Å². The molecular formula is C16H24N6O3. The third-order valence-electron chi connectivity index (χ3n) is 4.36. The van der Waals surface area contributed by atoms with Crippen molar-refractivity contribution in [3.8, 4) is 5.75 Å². The average molecular weight is 348 g/mol. The Morgan fingerprint density at radius 2 is 1.76 bits per heavy atom. The van der Waals surface area contributed by atoms with Gasteiger partial charge in [-0.2, -0.15) is 0 Å². The van der Waals surface area contributed by atoms with Gasteiger partial charge < -0.3 is 15.4 Å². The minimum atomic E-state index is -0.457. The third kappa shape index (κ3) is 4.86. The smallest absolute Gasteiger partial charge is 0.230 e. The van der Waals surface area contributed by atoms with Crippen molar-refractivity contribution < 1.29 is 14.3 Å². The van der Waals surface area contributed by atoms with Gasteiger partial charge in [0, 0.05) is 26.2 Å². The Morgan fingerprint density at radius 3 is 2.36 bits per heavy atom. The topological polar surface area (TPSA) is 114 Å². The largest absolute Gasteiger partial charge is 0.486 e. The highest BCUT2D eigenvalue weighted by atomic mass is 16.5. The molecule has 0 spiro atoms. The Hall–Kier alpha value is -2.26. The summed E-state index contributed by atoms with van der Waals surface area (Å²) in [6.07, 6.45) is 4.09. The van der Waals surface area contributed by atoms with Crippen molar-refractivity contribution in [3.05, 3.63) is 12.4 Å². The normalized spacial score (nSPS) is 19.8. The van der Waals surface area contributed by atoms with E-state index in [0.29, 0.717) is 11.7 Å². The number of carbonyl (C=O) groups is 2. The van der Waals surface area contributed by atoms with Crippen LogP contribution in [0, 0.1) is 0 Å². The summed E-state index contributed by atoms with van der Waals surface area (Å²) in [5, 5.41) is 2.26. The van der Waals surface area contributed by atoms with E-state index in [1.54, 1.807) is 12.4 Å². The predicted octanol–water partition coefficient (Wildman–Crippen LogP) is -0.869. The molecule has 3 heterocycles. The van der Waals surface area contributed by atoms with Gasteiger partial charge >= 0.3 is 0 Å². The molecule has 1 aromatic rings. The molecule has 0 saturated carbocycles. The molecule has 3 N–H and O–H groups in total. The fourth-order valence-electron chi connectivity index (χ4n) is 3.04. The standard InChI is InChI=1S/C16H24N6O3/c17-2-1-3-21-4-6-22(7-5-21)16-18-10-13(11-19-16)25-12-8-14(23)20-15(24)9-12/h10-12H,1-9,17H2,(H,20,23,24). The van der Waals surface area contributed by atoms with Crippen molar-refractivity contribution in [3.63, 3.8) is 0 Å². The van der Waals surface area contributed by atoms with Crippen LogP contribution >= 0.6 is 0 Å². The molecular weight excluding hydrogens is 324 g/mol. The second kappa shape index (κ2) is 8.21. The van der Waals surface area contributed by atoms with E-state index >= 15 is 0 Å². The van der Waals surface area contributed by atoms with Crippen LogP contribution in [0.5, 0.6) is 5.75 Å². The average Bonchev–Trinajstić information content (AvgIpc) is 2.60. The lowest BCUT2D eigenvalue weighted by molar-refractivity contribution is -0.136. The van der Waals surface area contributed by atoms with E-state index in [9.17, 15) is 9.59 Å². The Kier molecular flexibility index (Phi) is 5.77. The van der Waals surface area contributed by atoms with Gasteiger partial charge in [-0.3, -0.25) is 19.8 Å². The maximum atomic E-state index is 11.4. The van der Waals surface area contributed by atoms with E-state index in [1.807, 2.05) is 0 Å². The summed E-state index contributed by atoms with van der Waals surface area (Å²) in [5.41, 5.74) is 5.55. The zero-order chi connectivity index (χ0) is 17.6. The number of anilines is 1. The lowest BCUT2D eigenvalue weighted by Crippen LogP contribution is -2.47. The number of carbonyl (C=O) groups excluding carboxylic acids is 2. The van der Waals surface area contributed by atoms with Crippen molar-refractivity contribution in [2.45, 2.75) is 25.4 Å². The summed E-state index contributed by atoms with van der Waals surface area (Å²) in [4.78, 5) is 36.0. The van der Waals surface area contributed by atoms with Gasteiger partial charge in [-0.05, 0) is 19.5 Å². The maximum absolute atomic E-state index is 11.4. The molecule has 2 aliphatic rings. The van der Waals surface area contributed by atoms with Crippen molar-refractivity contribution in [2.24, 2.45) is 5.73 Å². The van der Waals surface area contributed by atoms with Crippen LogP contribution in [0.3, 0.4) is 0 Å². The predicted molar refractivity (Wildman–Crippen MR) is 91.2 cm³/mol. The van der Waals surface area contributed by atoms with E-state index in [2.05, 4.69) is 25.1 Å². The number of amides is 2. The molecule has 0 aliphatic carbocycles. The Bertz CT molecular complexity index is 584. The molecule has 25 heavy (non-hydrogen) atoms. The monoisotopic (exact) mass is 348 g/mol. The second-order valence-electron chi connectivity index (χ2n) is 6.31. The summed E-state index contributed by atoms with van der Waals surface area (Å²) in [7, 11) is 0. The molecule has 0 atom stereocenters. The number of nitrogens with one attached hydrogen (secondary N) is 1. The number of rotatable bonds is 6. The van der Waals surface area contributed by atoms with Crippen LogP contribution in [0.4, 0.5) is 5.95 Å². The number of piperidine rings is 1. The van der Waals surface area contributed by atoms with E-state index in [0.717, 1.165) is 45.7 Å². The first-order valence-corrected chi connectivity index (χ1v) is 8.63. The van der Waals surface area contributed by atoms with E-state index in [1.165, 1.54) is 0 Å². The highest BCUT2D eigenvalue weighted by Gasteiger charge is 2.26. The molecule has 2 aliphatic heterocycles. The first-order chi connectivity index (χ1) is 12.1. The molecule has 1 aromatic heterocycles. The summed E-state index contributed by atoms with van der Waals surface area (Å²) < 4.78 is 5.65. The van der Waals surface area contributed by atoms with Gasteiger partial charge in [-0.25, -0.2) is 9.97 Å². The number of ether oxygens (including phenoxy) is 1. The molecule has 0 bridgehead atoms. The highest BCUT2D eigenvalue weighted by molar-refractivity contribution is 5.98. The molecule has 3 rings (SSSR count). The van der Waals surface area contributed by atoms with Gasteiger partial charge in [0.1, 0.15) is 6.10 Å². The minimum absolute atomic E-state index is 0.165. The fraction of sp³-hybridized carbons (Fsp3) is 0.625. The lowest BCUT2D eigenvalue weighted by Gasteiger charge is -2.34. The van der Waals surface area contributed by atoms with Gasteiger partial charge in [0.25, 0.3) is 0 Å². The van der Waals surface area contributed by atoms with E-state index < -0.39 is 6.10 Å². The quantitative estimate of drug-likeness (QED) is 0.638. The number of hydrogen-bond acceptors (Lipinski definition) is 8. The summed E-state index contributed by atoms with van der Waals surface area (Å²) in [6.45, 7) is 5.46. The van der Waals surface area contributed by atoms with Crippen molar-refractivity contribution in [2.75, 3.05) is 44.2 Å². The van der Waals surface area contributed by atoms with Crippen molar-refractivity contribution >= 4 is 17.8 Å². The van der Waals surface area contributed by atoms with Crippen LogP contribution in [0.1, 0.15) is 19.3 Å². The van der Waals surface area contributed by atoms with Crippen LogP contribution in [0.15, 0.2) is 12.4 Å². The van der Waals surface area contributed by atoms with Crippen LogP contribution in [0.2, 0.25) is 0 Å². The van der Waals surface area contributed by atoms with Gasteiger partial charge in [0.2, 0.25) is 17.8 Å². The molecule has 2 saturated heterocycles. The number of hydrogen-bond donors (Lipinski definition) is 2. The van der Waals surface area contributed by atoms with Gasteiger partial charge in [-0.15, -0.1) is 0 Å². The lowest BCUT2D eigenvalue weighted by atomic mass is 10.1. The zero-order valence-electron chi connectivity index (χ0n) is 14.2. The number of nitrogens with zero attached hydrogens (tertiary/aromatic N) is 4. The molecule has 9 heteroatoms. The SMILES string of the molecule is NCCCN1CCN(c2ncc(OC3CC(=O)NC(=O)C3)cn2)CC1. The van der Waals surface area contributed by atoms with Crippen LogP contribution in [-0.4, -0.2) is 72.1 Å². The molecule has 2 amide bonds. The number of aromatic nitrogens is 2. The third-order valence-corrected chi connectivity index (χ3v) is 4.36. The van der Waals surface area contributed by atoms with Crippen LogP contribution < -0.4 is 20.7 Å². The minimum Gasteiger partial charge on any atom is -0.486 e. The van der Waals surface area contributed by atoms with E-state index in [-0.39, 0.29) is 24.7 Å². The second-order valence-corrected chi connectivity index (χ2v) is 6.31. The van der Waals surface area contributed by atoms with Gasteiger partial charge in [-0.1, -0.05) is 0 Å². The number of nitrogens with two attached hydrogens (primary N) is 1. The molecule has 0 aromatic carbocycles. The molecule has 2 fully saturated rings. The molecule has 9 nitrogen and oxygen atoms in total. The molecule has 0 radical (unpaired) electrons. The molecule has 0 unspecified atom stereocenters. The fourth-order valence-corrected chi connectivity index (χ4v) is 3.04. The first-order valence-electron chi connectivity index (χ1n) is 8.63. The highest BCUT2D eigenvalue weighted by Crippen LogP contribution is 2.18. The Morgan fingerprint density at radius 1 is 1.12 bits per heavy atom. The number of imide groups is 1. The van der Waals surface area contributed by atoms with Crippen LogP contribution in [0.25, 0.3) is 0 Å². The van der Waals surface area contributed by atoms with Gasteiger partial charge in [0.05, 0.1) is 25.2 Å². The van der Waals surface area contributed by atoms with Gasteiger partial charge in [0.15, 0.2) is 5.75 Å². The first kappa shape index (κ1) is 17.6. The van der Waals surface area contributed by atoms with Crippen molar-refractivity contribution in [1.82, 2.24) is 20.2 Å². The summed E-state index contributed by atoms with van der Waals surface area (Å²) in [6, 6.07) is 0. The number of piperazine rings is 1. The van der Waals surface area contributed by atoms with E-state index in [4.69, 9.17) is 10.5 Å². The van der Waals surface area contributed by atoms with Crippen LogP contribution in [-0.2, 0) is 9.59 Å². The summed E-state index contributed by atoms with van der Waals surface area (Å²) in [5.74, 6) is 0.513. The Labute approximate surface area is 146 Å². The molecule has 136 valence electrons. The zero-order valence-corrected chi connectivity index (χ0v) is 14.2.